The first-order valence-corrected chi connectivity index (χ1v) is 9.24. The molecule has 122 valence electrons. The molecule has 0 bridgehead atoms. The minimum absolute atomic E-state index is 0.0473. The Morgan fingerprint density at radius 3 is 2.41 bits per heavy atom. The molecule has 22 heavy (non-hydrogen) atoms. The molecule has 1 atom stereocenters. The fourth-order valence-corrected chi connectivity index (χ4v) is 4.05. The van der Waals surface area contributed by atoms with Gasteiger partial charge in [0.1, 0.15) is 0 Å². The molecule has 1 unspecified atom stereocenters. The van der Waals surface area contributed by atoms with Gasteiger partial charge >= 0.3 is 0 Å². The van der Waals surface area contributed by atoms with Crippen molar-refractivity contribution in [2.45, 2.75) is 44.0 Å². The molecule has 1 aromatic rings. The first-order chi connectivity index (χ1) is 10.4. The highest BCUT2D eigenvalue weighted by atomic mass is 32.2. The number of rotatable bonds is 5. The molecule has 1 aromatic carbocycles. The Labute approximate surface area is 132 Å². The molecule has 0 radical (unpaired) electrons. The highest BCUT2D eigenvalue weighted by molar-refractivity contribution is 7.89. The Morgan fingerprint density at radius 2 is 1.86 bits per heavy atom. The second kappa shape index (κ2) is 7.24. The molecule has 0 aliphatic carbocycles. The third-order valence-electron chi connectivity index (χ3n) is 4.21. The van der Waals surface area contributed by atoms with Crippen molar-refractivity contribution in [3.05, 3.63) is 30.3 Å². The van der Waals surface area contributed by atoms with Crippen molar-refractivity contribution in [2.75, 3.05) is 13.1 Å². The summed E-state index contributed by atoms with van der Waals surface area (Å²) in [5.74, 6) is -0.0395. The van der Waals surface area contributed by atoms with Gasteiger partial charge in [0.2, 0.25) is 15.9 Å². The van der Waals surface area contributed by atoms with E-state index < -0.39 is 10.0 Å². The van der Waals surface area contributed by atoms with E-state index in [0.29, 0.717) is 30.8 Å². The van der Waals surface area contributed by atoms with E-state index in [1.54, 1.807) is 30.3 Å². The summed E-state index contributed by atoms with van der Waals surface area (Å²) < 4.78 is 26.5. The second-order valence-electron chi connectivity index (χ2n) is 5.81. The molecule has 6 heteroatoms. The molecule has 1 N–H and O–H groups in total. The van der Waals surface area contributed by atoms with Crippen LogP contribution in [0.4, 0.5) is 0 Å². The van der Waals surface area contributed by atoms with E-state index in [0.717, 1.165) is 6.42 Å². The summed E-state index contributed by atoms with van der Waals surface area (Å²) in [5, 5.41) is 2.98. The summed E-state index contributed by atoms with van der Waals surface area (Å²) in [6.45, 7) is 4.80. The number of nitrogens with zero attached hydrogens (tertiary/aromatic N) is 1. The molecule has 0 saturated carbocycles. The van der Waals surface area contributed by atoms with Crippen LogP contribution < -0.4 is 5.32 Å². The molecule has 2 rings (SSSR count). The smallest absolute Gasteiger partial charge is 0.243 e. The number of amides is 1. The zero-order chi connectivity index (χ0) is 16.2. The maximum atomic E-state index is 12.5. The number of hydrogen-bond donors (Lipinski definition) is 1. The van der Waals surface area contributed by atoms with Gasteiger partial charge in [-0.15, -0.1) is 0 Å². The predicted molar refractivity (Wildman–Crippen MR) is 85.8 cm³/mol. The Bertz CT molecular complexity index is 593. The van der Waals surface area contributed by atoms with Gasteiger partial charge in [0.15, 0.2) is 0 Å². The Balaban J connectivity index is 1.96. The van der Waals surface area contributed by atoms with Crippen molar-refractivity contribution < 1.29 is 13.2 Å². The van der Waals surface area contributed by atoms with Gasteiger partial charge in [-0.1, -0.05) is 25.1 Å². The summed E-state index contributed by atoms with van der Waals surface area (Å²) in [6, 6.07) is 8.62. The number of carbonyl (C=O) groups excluding carboxylic acids is 1. The van der Waals surface area contributed by atoms with Crippen LogP contribution in [-0.4, -0.2) is 37.8 Å². The molecule has 1 amide bonds. The minimum atomic E-state index is -3.44. The standard InChI is InChI=1S/C16H24N2O3S/c1-3-13(2)17-16(19)14-9-11-18(12-10-14)22(20,21)15-7-5-4-6-8-15/h4-8,13-14H,3,9-12H2,1-2H3,(H,17,19). The van der Waals surface area contributed by atoms with Crippen LogP contribution in [0, 0.1) is 5.92 Å². The third kappa shape index (κ3) is 3.87. The van der Waals surface area contributed by atoms with Gasteiger partial charge in [-0.2, -0.15) is 4.31 Å². The first-order valence-electron chi connectivity index (χ1n) is 7.80. The van der Waals surface area contributed by atoms with E-state index in [-0.39, 0.29) is 17.9 Å². The zero-order valence-corrected chi connectivity index (χ0v) is 14.0. The van der Waals surface area contributed by atoms with Crippen molar-refractivity contribution in [1.82, 2.24) is 9.62 Å². The van der Waals surface area contributed by atoms with Crippen LogP contribution in [0.2, 0.25) is 0 Å². The van der Waals surface area contributed by atoms with Crippen LogP contribution in [-0.2, 0) is 14.8 Å². The SMILES string of the molecule is CCC(C)NC(=O)C1CCN(S(=O)(=O)c2ccccc2)CC1. The molecule has 5 nitrogen and oxygen atoms in total. The van der Waals surface area contributed by atoms with Crippen LogP contribution in [0.25, 0.3) is 0 Å². The molecule has 1 saturated heterocycles. The third-order valence-corrected chi connectivity index (χ3v) is 6.12. The summed E-state index contributed by atoms with van der Waals surface area (Å²) in [7, 11) is -3.44. The lowest BCUT2D eigenvalue weighted by atomic mass is 9.97. The van der Waals surface area contributed by atoms with Gasteiger partial charge in [-0.25, -0.2) is 8.42 Å². The molecular formula is C16H24N2O3S. The highest BCUT2D eigenvalue weighted by Crippen LogP contribution is 2.23. The van der Waals surface area contributed by atoms with Crippen molar-refractivity contribution in [3.63, 3.8) is 0 Å². The molecule has 1 aliphatic heterocycles. The van der Waals surface area contributed by atoms with E-state index in [1.807, 2.05) is 13.8 Å². The lowest BCUT2D eigenvalue weighted by Gasteiger charge is -2.31. The molecule has 1 fully saturated rings. The second-order valence-corrected chi connectivity index (χ2v) is 7.75. The van der Waals surface area contributed by atoms with Crippen molar-refractivity contribution in [3.8, 4) is 0 Å². The summed E-state index contributed by atoms with van der Waals surface area (Å²) in [5.41, 5.74) is 0. The Morgan fingerprint density at radius 1 is 1.27 bits per heavy atom. The summed E-state index contributed by atoms with van der Waals surface area (Å²) >= 11 is 0. The number of benzene rings is 1. The van der Waals surface area contributed by atoms with E-state index in [1.165, 1.54) is 4.31 Å². The van der Waals surface area contributed by atoms with Crippen LogP contribution in [0.1, 0.15) is 33.1 Å². The van der Waals surface area contributed by atoms with E-state index >= 15 is 0 Å². The zero-order valence-electron chi connectivity index (χ0n) is 13.2. The molecule has 1 heterocycles. The van der Waals surface area contributed by atoms with Crippen molar-refractivity contribution in [1.29, 1.82) is 0 Å². The summed E-state index contributed by atoms with van der Waals surface area (Å²) in [4.78, 5) is 12.4. The maximum Gasteiger partial charge on any atom is 0.243 e. The number of nitrogens with one attached hydrogen (secondary N) is 1. The van der Waals surface area contributed by atoms with Crippen LogP contribution in [0.3, 0.4) is 0 Å². The fourth-order valence-electron chi connectivity index (χ4n) is 2.56. The van der Waals surface area contributed by atoms with E-state index in [4.69, 9.17) is 0 Å². The van der Waals surface area contributed by atoms with E-state index in [9.17, 15) is 13.2 Å². The quantitative estimate of drug-likeness (QED) is 0.901. The Hall–Kier alpha value is -1.40. The summed E-state index contributed by atoms with van der Waals surface area (Å²) in [6.07, 6.45) is 2.05. The normalized spacial score (nSPS) is 18.8. The van der Waals surface area contributed by atoms with Gasteiger partial charge in [0.05, 0.1) is 4.90 Å². The molecule has 0 aromatic heterocycles. The Kier molecular flexibility index (Phi) is 5.58. The number of carbonyl (C=O) groups is 1. The van der Waals surface area contributed by atoms with Gasteiger partial charge in [-0.3, -0.25) is 4.79 Å². The largest absolute Gasteiger partial charge is 0.353 e. The van der Waals surface area contributed by atoms with Crippen LogP contribution in [0.5, 0.6) is 0 Å². The van der Waals surface area contributed by atoms with Crippen molar-refractivity contribution in [2.24, 2.45) is 5.92 Å². The van der Waals surface area contributed by atoms with Gasteiger partial charge in [-0.05, 0) is 38.3 Å². The van der Waals surface area contributed by atoms with Crippen LogP contribution >= 0.6 is 0 Å². The fraction of sp³-hybridized carbons (Fsp3) is 0.562. The lowest BCUT2D eigenvalue weighted by Crippen LogP contribution is -2.44. The number of sulfonamides is 1. The van der Waals surface area contributed by atoms with Gasteiger partial charge < -0.3 is 5.32 Å². The van der Waals surface area contributed by atoms with Gasteiger partial charge in [0, 0.05) is 25.0 Å². The average molecular weight is 324 g/mol. The predicted octanol–water partition coefficient (Wildman–Crippen LogP) is 2.00. The topological polar surface area (TPSA) is 66.5 Å². The van der Waals surface area contributed by atoms with Crippen molar-refractivity contribution >= 4 is 15.9 Å². The molecule has 1 aliphatic rings. The monoisotopic (exact) mass is 324 g/mol. The minimum Gasteiger partial charge on any atom is -0.353 e. The number of piperidine rings is 1. The number of hydrogen-bond acceptors (Lipinski definition) is 3. The molecular weight excluding hydrogens is 300 g/mol. The lowest BCUT2D eigenvalue weighted by molar-refractivity contribution is -0.126. The molecule has 0 spiro atoms. The maximum absolute atomic E-state index is 12.5. The van der Waals surface area contributed by atoms with Crippen LogP contribution in [0.15, 0.2) is 35.2 Å². The first kappa shape index (κ1) is 17.0. The average Bonchev–Trinajstić information content (AvgIpc) is 2.55. The van der Waals surface area contributed by atoms with Gasteiger partial charge in [0.25, 0.3) is 0 Å². The van der Waals surface area contributed by atoms with E-state index in [2.05, 4.69) is 5.32 Å². The highest BCUT2D eigenvalue weighted by Gasteiger charge is 2.32.